The van der Waals surface area contributed by atoms with Crippen LogP contribution < -0.4 is 0 Å². The number of nitrogens with zero attached hydrogens (tertiary/aromatic N) is 1. The summed E-state index contributed by atoms with van der Waals surface area (Å²) in [6, 6.07) is 0.428. The summed E-state index contributed by atoms with van der Waals surface area (Å²) < 4.78 is 5.37. The fraction of sp³-hybridized carbons (Fsp3) is 0.875. The fourth-order valence-corrected chi connectivity index (χ4v) is 0.961. The lowest BCUT2D eigenvalue weighted by atomic mass is 10.2. The van der Waals surface area contributed by atoms with Crippen molar-refractivity contribution in [2.24, 2.45) is 10.9 Å². The van der Waals surface area contributed by atoms with E-state index >= 15 is 0 Å². The van der Waals surface area contributed by atoms with Crippen LogP contribution in [-0.4, -0.2) is 18.5 Å². The van der Waals surface area contributed by atoms with Crippen molar-refractivity contribution < 1.29 is 4.74 Å². The molecule has 0 spiro atoms. The zero-order valence-corrected chi connectivity index (χ0v) is 6.92. The molecule has 10 heavy (non-hydrogen) atoms. The maximum absolute atomic E-state index is 5.37. The SMILES string of the molecule is CCC1COC(C(C)C)=N1. The van der Waals surface area contributed by atoms with E-state index in [1.54, 1.807) is 0 Å². The summed E-state index contributed by atoms with van der Waals surface area (Å²) in [4.78, 5) is 4.40. The van der Waals surface area contributed by atoms with Gasteiger partial charge in [-0.1, -0.05) is 20.8 Å². The van der Waals surface area contributed by atoms with Gasteiger partial charge in [-0.05, 0) is 6.42 Å². The summed E-state index contributed by atoms with van der Waals surface area (Å²) >= 11 is 0. The normalized spacial score (nSPS) is 24.8. The highest BCUT2D eigenvalue weighted by Gasteiger charge is 2.18. The predicted molar refractivity (Wildman–Crippen MR) is 42.3 cm³/mol. The highest BCUT2D eigenvalue weighted by atomic mass is 16.5. The Morgan fingerprint density at radius 3 is 2.70 bits per heavy atom. The van der Waals surface area contributed by atoms with Crippen molar-refractivity contribution >= 4 is 5.90 Å². The highest BCUT2D eigenvalue weighted by molar-refractivity contribution is 5.79. The number of rotatable bonds is 2. The van der Waals surface area contributed by atoms with Crippen LogP contribution in [0, 0.1) is 5.92 Å². The van der Waals surface area contributed by atoms with E-state index in [1.807, 2.05) is 0 Å². The third-order valence-corrected chi connectivity index (χ3v) is 1.70. The Hall–Kier alpha value is -0.530. The molecule has 0 aromatic rings. The van der Waals surface area contributed by atoms with Crippen molar-refractivity contribution in [1.29, 1.82) is 0 Å². The minimum atomic E-state index is 0.428. The third kappa shape index (κ3) is 1.49. The summed E-state index contributed by atoms with van der Waals surface area (Å²) in [6.45, 7) is 7.15. The van der Waals surface area contributed by atoms with Crippen LogP contribution in [0.5, 0.6) is 0 Å². The molecule has 1 heterocycles. The molecule has 0 radical (unpaired) electrons. The number of hydrogen-bond donors (Lipinski definition) is 0. The second-order valence-corrected chi connectivity index (χ2v) is 3.00. The first-order chi connectivity index (χ1) is 4.74. The molecule has 1 unspecified atom stereocenters. The van der Waals surface area contributed by atoms with Crippen LogP contribution in [0.3, 0.4) is 0 Å². The van der Waals surface area contributed by atoms with Gasteiger partial charge in [0.15, 0.2) is 5.90 Å². The Labute approximate surface area is 62.3 Å². The molecular weight excluding hydrogens is 126 g/mol. The van der Waals surface area contributed by atoms with Gasteiger partial charge in [-0.25, -0.2) is 4.99 Å². The molecule has 0 aliphatic carbocycles. The maximum Gasteiger partial charge on any atom is 0.186 e. The van der Waals surface area contributed by atoms with Crippen LogP contribution >= 0.6 is 0 Å². The number of hydrogen-bond acceptors (Lipinski definition) is 2. The van der Waals surface area contributed by atoms with Gasteiger partial charge in [0.2, 0.25) is 0 Å². The molecule has 0 amide bonds. The van der Waals surface area contributed by atoms with Crippen LogP contribution in [0.25, 0.3) is 0 Å². The lowest BCUT2D eigenvalue weighted by molar-refractivity contribution is 0.299. The molecule has 0 aromatic heterocycles. The first-order valence-corrected chi connectivity index (χ1v) is 3.94. The molecule has 58 valence electrons. The minimum Gasteiger partial charge on any atom is -0.479 e. The van der Waals surface area contributed by atoms with Gasteiger partial charge in [0.05, 0.1) is 6.04 Å². The highest BCUT2D eigenvalue weighted by Crippen LogP contribution is 2.12. The quantitative estimate of drug-likeness (QED) is 0.575. The minimum absolute atomic E-state index is 0.428. The zero-order chi connectivity index (χ0) is 7.56. The van der Waals surface area contributed by atoms with Crippen LogP contribution in [0.15, 0.2) is 4.99 Å². The summed E-state index contributed by atoms with van der Waals surface area (Å²) in [5.74, 6) is 1.39. The first-order valence-electron chi connectivity index (χ1n) is 3.94. The molecule has 2 heteroatoms. The maximum atomic E-state index is 5.37. The fourth-order valence-electron chi connectivity index (χ4n) is 0.961. The van der Waals surface area contributed by atoms with Gasteiger partial charge in [-0.2, -0.15) is 0 Å². The molecule has 0 N–H and O–H groups in total. The van der Waals surface area contributed by atoms with Crippen LogP contribution in [0.4, 0.5) is 0 Å². The lowest BCUT2D eigenvalue weighted by Gasteiger charge is -2.02. The van der Waals surface area contributed by atoms with Gasteiger partial charge < -0.3 is 4.74 Å². The monoisotopic (exact) mass is 141 g/mol. The van der Waals surface area contributed by atoms with E-state index in [2.05, 4.69) is 25.8 Å². The molecule has 1 rings (SSSR count). The summed E-state index contributed by atoms with van der Waals surface area (Å²) in [7, 11) is 0. The van der Waals surface area contributed by atoms with Gasteiger partial charge in [-0.15, -0.1) is 0 Å². The molecule has 2 nitrogen and oxygen atoms in total. The van der Waals surface area contributed by atoms with Crippen molar-refractivity contribution in [1.82, 2.24) is 0 Å². The van der Waals surface area contributed by atoms with E-state index < -0.39 is 0 Å². The van der Waals surface area contributed by atoms with Crippen LogP contribution in [-0.2, 0) is 4.74 Å². The summed E-state index contributed by atoms with van der Waals surface area (Å²) in [6.07, 6.45) is 1.09. The zero-order valence-electron chi connectivity index (χ0n) is 6.92. The van der Waals surface area contributed by atoms with Crippen molar-refractivity contribution in [3.63, 3.8) is 0 Å². The summed E-state index contributed by atoms with van der Waals surface area (Å²) in [5.41, 5.74) is 0. The molecule has 0 bridgehead atoms. The van der Waals surface area contributed by atoms with Crippen molar-refractivity contribution in [2.75, 3.05) is 6.61 Å². The van der Waals surface area contributed by atoms with E-state index in [0.717, 1.165) is 18.9 Å². The standard InChI is InChI=1S/C8H15NO/c1-4-7-5-10-8(9-7)6(2)3/h6-7H,4-5H2,1-3H3. The number of ether oxygens (including phenoxy) is 1. The molecule has 0 saturated heterocycles. The second-order valence-electron chi connectivity index (χ2n) is 3.00. The molecule has 0 saturated carbocycles. The van der Waals surface area contributed by atoms with E-state index in [1.165, 1.54) is 0 Å². The molecule has 1 atom stereocenters. The Bertz CT molecular complexity index is 140. The Balaban J connectivity index is 2.48. The van der Waals surface area contributed by atoms with Crippen LogP contribution in [0.1, 0.15) is 27.2 Å². The van der Waals surface area contributed by atoms with Crippen molar-refractivity contribution in [3.8, 4) is 0 Å². The predicted octanol–water partition coefficient (Wildman–Crippen LogP) is 1.85. The largest absolute Gasteiger partial charge is 0.479 e. The Morgan fingerprint density at radius 1 is 1.70 bits per heavy atom. The van der Waals surface area contributed by atoms with E-state index in [-0.39, 0.29) is 0 Å². The lowest BCUT2D eigenvalue weighted by Crippen LogP contribution is -2.07. The van der Waals surface area contributed by atoms with Gasteiger partial charge in [0, 0.05) is 5.92 Å². The van der Waals surface area contributed by atoms with Gasteiger partial charge in [0.1, 0.15) is 6.61 Å². The third-order valence-electron chi connectivity index (χ3n) is 1.70. The van der Waals surface area contributed by atoms with Crippen molar-refractivity contribution in [3.05, 3.63) is 0 Å². The molecular formula is C8H15NO. The van der Waals surface area contributed by atoms with E-state index in [9.17, 15) is 0 Å². The average Bonchev–Trinajstić information content (AvgIpc) is 2.34. The van der Waals surface area contributed by atoms with Gasteiger partial charge in [-0.3, -0.25) is 0 Å². The molecule has 0 aromatic carbocycles. The Morgan fingerprint density at radius 2 is 2.40 bits per heavy atom. The van der Waals surface area contributed by atoms with Gasteiger partial charge >= 0.3 is 0 Å². The summed E-state index contributed by atoms with van der Waals surface area (Å²) in [5, 5.41) is 0. The molecule has 1 aliphatic rings. The average molecular weight is 141 g/mol. The second kappa shape index (κ2) is 3.04. The smallest absolute Gasteiger partial charge is 0.186 e. The first kappa shape index (κ1) is 7.58. The van der Waals surface area contributed by atoms with Crippen LogP contribution in [0.2, 0.25) is 0 Å². The van der Waals surface area contributed by atoms with E-state index in [4.69, 9.17) is 4.74 Å². The van der Waals surface area contributed by atoms with Gasteiger partial charge in [0.25, 0.3) is 0 Å². The topological polar surface area (TPSA) is 21.6 Å². The van der Waals surface area contributed by atoms with E-state index in [0.29, 0.717) is 12.0 Å². The Kier molecular flexibility index (Phi) is 2.30. The molecule has 1 aliphatic heterocycles. The molecule has 0 fully saturated rings. The number of aliphatic imine (C=N–C) groups is 1. The van der Waals surface area contributed by atoms with Crippen molar-refractivity contribution in [2.45, 2.75) is 33.2 Å².